The SMILES string of the molecule is CCCS(=O)(=O)N1CCC(c2cccc(C(N)=O)c2C)CC1. The molecule has 1 aliphatic rings. The van der Waals surface area contributed by atoms with Crippen LogP contribution in [0.2, 0.25) is 0 Å². The van der Waals surface area contributed by atoms with Crippen LogP contribution in [0.1, 0.15) is 53.6 Å². The number of piperidine rings is 1. The van der Waals surface area contributed by atoms with Crippen LogP contribution in [0.25, 0.3) is 0 Å². The molecule has 0 saturated carbocycles. The van der Waals surface area contributed by atoms with Crippen LogP contribution in [0.3, 0.4) is 0 Å². The van der Waals surface area contributed by atoms with Crippen molar-refractivity contribution >= 4 is 15.9 Å². The molecule has 0 atom stereocenters. The van der Waals surface area contributed by atoms with Crippen molar-refractivity contribution in [2.24, 2.45) is 5.73 Å². The average molecular weight is 324 g/mol. The zero-order valence-electron chi connectivity index (χ0n) is 13.2. The van der Waals surface area contributed by atoms with E-state index < -0.39 is 15.9 Å². The van der Waals surface area contributed by atoms with E-state index in [1.165, 1.54) is 0 Å². The second kappa shape index (κ2) is 6.79. The summed E-state index contributed by atoms with van der Waals surface area (Å²) in [6.07, 6.45) is 2.21. The molecule has 1 aromatic rings. The summed E-state index contributed by atoms with van der Waals surface area (Å²) in [6, 6.07) is 5.60. The number of rotatable bonds is 5. The lowest BCUT2D eigenvalue weighted by Crippen LogP contribution is -2.39. The molecule has 1 amide bonds. The van der Waals surface area contributed by atoms with E-state index >= 15 is 0 Å². The first-order valence-corrected chi connectivity index (χ1v) is 9.35. The smallest absolute Gasteiger partial charge is 0.248 e. The number of amides is 1. The molecule has 122 valence electrons. The molecule has 2 rings (SSSR count). The molecular formula is C16H24N2O3S. The third-order valence-corrected chi connectivity index (χ3v) is 6.47. The normalized spacial score (nSPS) is 17.5. The number of hydrogen-bond donors (Lipinski definition) is 1. The Morgan fingerprint density at radius 1 is 1.32 bits per heavy atom. The predicted molar refractivity (Wildman–Crippen MR) is 87.3 cm³/mol. The third-order valence-electron chi connectivity index (χ3n) is 4.39. The molecule has 1 heterocycles. The predicted octanol–water partition coefficient (Wildman–Crippen LogP) is 2.01. The molecule has 2 N–H and O–H groups in total. The van der Waals surface area contributed by atoms with Crippen molar-refractivity contribution in [2.75, 3.05) is 18.8 Å². The quantitative estimate of drug-likeness (QED) is 0.899. The second-order valence-corrected chi connectivity index (χ2v) is 7.96. The summed E-state index contributed by atoms with van der Waals surface area (Å²) in [5.41, 5.74) is 7.99. The van der Waals surface area contributed by atoms with Gasteiger partial charge in [0, 0.05) is 18.7 Å². The first kappa shape index (κ1) is 17.0. The maximum atomic E-state index is 12.1. The van der Waals surface area contributed by atoms with Gasteiger partial charge >= 0.3 is 0 Å². The molecule has 0 aromatic heterocycles. The topological polar surface area (TPSA) is 80.5 Å². The molecule has 22 heavy (non-hydrogen) atoms. The molecule has 0 spiro atoms. The van der Waals surface area contributed by atoms with Crippen LogP contribution >= 0.6 is 0 Å². The van der Waals surface area contributed by atoms with Crippen LogP contribution in [0.4, 0.5) is 0 Å². The maximum Gasteiger partial charge on any atom is 0.248 e. The summed E-state index contributed by atoms with van der Waals surface area (Å²) in [4.78, 5) is 11.4. The lowest BCUT2D eigenvalue weighted by atomic mass is 9.86. The Balaban J connectivity index is 2.13. The minimum Gasteiger partial charge on any atom is -0.366 e. The van der Waals surface area contributed by atoms with E-state index in [4.69, 9.17) is 5.73 Å². The number of primary amides is 1. The Kier molecular flexibility index (Phi) is 5.24. The lowest BCUT2D eigenvalue weighted by Gasteiger charge is -2.32. The number of hydrogen-bond acceptors (Lipinski definition) is 3. The molecule has 0 radical (unpaired) electrons. The van der Waals surface area contributed by atoms with Crippen molar-refractivity contribution in [3.8, 4) is 0 Å². The summed E-state index contributed by atoms with van der Waals surface area (Å²) < 4.78 is 25.8. The van der Waals surface area contributed by atoms with Crippen LogP contribution in [0.5, 0.6) is 0 Å². The molecule has 1 saturated heterocycles. The van der Waals surface area contributed by atoms with Gasteiger partial charge in [0.2, 0.25) is 15.9 Å². The van der Waals surface area contributed by atoms with Crippen LogP contribution < -0.4 is 5.73 Å². The monoisotopic (exact) mass is 324 g/mol. The van der Waals surface area contributed by atoms with Crippen molar-refractivity contribution < 1.29 is 13.2 Å². The lowest BCUT2D eigenvalue weighted by molar-refractivity contribution is 0.0999. The van der Waals surface area contributed by atoms with E-state index in [1.807, 2.05) is 26.0 Å². The molecule has 0 bridgehead atoms. The van der Waals surface area contributed by atoms with Crippen LogP contribution in [0, 0.1) is 6.92 Å². The van der Waals surface area contributed by atoms with Crippen LogP contribution in [-0.4, -0.2) is 37.5 Å². The largest absolute Gasteiger partial charge is 0.366 e. The molecule has 1 aromatic carbocycles. The van der Waals surface area contributed by atoms with Crippen molar-refractivity contribution in [2.45, 2.75) is 39.0 Å². The summed E-state index contributed by atoms with van der Waals surface area (Å²) in [7, 11) is -3.11. The van der Waals surface area contributed by atoms with Crippen LogP contribution in [0.15, 0.2) is 18.2 Å². The Bertz CT molecular complexity index is 647. The molecule has 5 nitrogen and oxygen atoms in total. The number of carbonyl (C=O) groups excluding carboxylic acids is 1. The molecule has 0 unspecified atom stereocenters. The fraction of sp³-hybridized carbons (Fsp3) is 0.562. The Labute approximate surface area is 132 Å². The van der Waals surface area contributed by atoms with Gasteiger partial charge in [0.15, 0.2) is 0 Å². The van der Waals surface area contributed by atoms with Crippen molar-refractivity contribution in [3.05, 3.63) is 34.9 Å². The van der Waals surface area contributed by atoms with Gasteiger partial charge in [-0.05, 0) is 49.3 Å². The molecular weight excluding hydrogens is 300 g/mol. The zero-order chi connectivity index (χ0) is 16.3. The minimum atomic E-state index is -3.11. The van der Waals surface area contributed by atoms with Gasteiger partial charge in [0.1, 0.15) is 0 Å². The van der Waals surface area contributed by atoms with Gasteiger partial charge in [0.05, 0.1) is 5.75 Å². The highest BCUT2D eigenvalue weighted by Crippen LogP contribution is 2.32. The molecule has 1 aliphatic heterocycles. The van der Waals surface area contributed by atoms with Gasteiger partial charge in [-0.3, -0.25) is 4.79 Å². The van der Waals surface area contributed by atoms with Crippen molar-refractivity contribution in [1.82, 2.24) is 4.31 Å². The van der Waals surface area contributed by atoms with E-state index in [9.17, 15) is 13.2 Å². The van der Waals surface area contributed by atoms with Gasteiger partial charge in [-0.25, -0.2) is 12.7 Å². The van der Waals surface area contributed by atoms with Gasteiger partial charge in [-0.1, -0.05) is 19.1 Å². The van der Waals surface area contributed by atoms with E-state index in [0.29, 0.717) is 25.1 Å². The van der Waals surface area contributed by atoms with Gasteiger partial charge in [-0.15, -0.1) is 0 Å². The highest BCUT2D eigenvalue weighted by Gasteiger charge is 2.29. The van der Waals surface area contributed by atoms with E-state index in [-0.39, 0.29) is 11.7 Å². The second-order valence-electron chi connectivity index (χ2n) is 5.87. The number of sulfonamides is 1. The molecule has 1 fully saturated rings. The minimum absolute atomic E-state index is 0.216. The van der Waals surface area contributed by atoms with Crippen molar-refractivity contribution in [3.63, 3.8) is 0 Å². The zero-order valence-corrected chi connectivity index (χ0v) is 14.0. The number of carbonyl (C=O) groups is 1. The first-order valence-electron chi connectivity index (χ1n) is 7.74. The number of nitrogens with two attached hydrogens (primary N) is 1. The Hall–Kier alpha value is -1.40. The highest BCUT2D eigenvalue weighted by atomic mass is 32.2. The van der Waals surface area contributed by atoms with Gasteiger partial charge in [0.25, 0.3) is 0 Å². The maximum absolute atomic E-state index is 12.1. The number of benzene rings is 1. The third kappa shape index (κ3) is 3.50. The summed E-state index contributed by atoms with van der Waals surface area (Å²) in [5, 5.41) is 0. The van der Waals surface area contributed by atoms with Gasteiger partial charge in [-0.2, -0.15) is 0 Å². The first-order chi connectivity index (χ1) is 10.4. The van der Waals surface area contributed by atoms with Gasteiger partial charge < -0.3 is 5.73 Å². The van der Waals surface area contributed by atoms with E-state index in [2.05, 4.69) is 0 Å². The average Bonchev–Trinajstić information content (AvgIpc) is 2.47. The molecule has 0 aliphatic carbocycles. The van der Waals surface area contributed by atoms with E-state index in [1.54, 1.807) is 10.4 Å². The summed E-state index contributed by atoms with van der Waals surface area (Å²) in [6.45, 7) is 4.89. The Morgan fingerprint density at radius 3 is 2.50 bits per heavy atom. The summed E-state index contributed by atoms with van der Waals surface area (Å²) in [5.74, 6) is 0.0862. The number of nitrogens with zero attached hydrogens (tertiary/aromatic N) is 1. The van der Waals surface area contributed by atoms with Crippen LogP contribution in [-0.2, 0) is 10.0 Å². The standard InChI is InChI=1S/C16H24N2O3S/c1-3-11-22(20,21)18-9-7-13(8-10-18)14-5-4-6-15(12(14)2)16(17)19/h4-6,13H,3,7-11H2,1-2H3,(H2,17,19). The van der Waals surface area contributed by atoms with E-state index in [0.717, 1.165) is 24.0 Å². The fourth-order valence-corrected chi connectivity index (χ4v) is 4.74. The Morgan fingerprint density at radius 2 is 1.95 bits per heavy atom. The highest BCUT2D eigenvalue weighted by molar-refractivity contribution is 7.89. The summed E-state index contributed by atoms with van der Waals surface area (Å²) >= 11 is 0. The fourth-order valence-electron chi connectivity index (χ4n) is 3.19. The molecule has 6 heteroatoms. The van der Waals surface area contributed by atoms with Crippen molar-refractivity contribution in [1.29, 1.82) is 0 Å².